The van der Waals surface area contributed by atoms with Gasteiger partial charge in [0.2, 0.25) is 5.91 Å². The quantitative estimate of drug-likeness (QED) is 0.627. The van der Waals surface area contributed by atoms with E-state index in [1.807, 2.05) is 12.1 Å². The standard InChI is InChI=1S/C11H12NO2/c1-11(2)7-8-5-3-4-6-9(8)10(13)12(11)14/h3-6H,7H2,1-2H3/q-1. The van der Waals surface area contributed by atoms with Gasteiger partial charge in [0.25, 0.3) is 0 Å². The molecule has 0 radical (unpaired) electrons. The van der Waals surface area contributed by atoms with E-state index >= 15 is 0 Å². The van der Waals surface area contributed by atoms with Crippen molar-refractivity contribution in [2.75, 3.05) is 0 Å². The molecule has 1 heterocycles. The zero-order valence-electron chi connectivity index (χ0n) is 8.28. The molecule has 1 aliphatic heterocycles. The first-order chi connectivity index (χ1) is 6.52. The Morgan fingerprint density at radius 3 is 2.71 bits per heavy atom. The SMILES string of the molecule is CC1(C)Cc2ccccc2C(=O)N1[O-]. The van der Waals surface area contributed by atoms with Crippen LogP contribution in [0.4, 0.5) is 0 Å². The van der Waals surface area contributed by atoms with E-state index in [2.05, 4.69) is 0 Å². The van der Waals surface area contributed by atoms with Crippen molar-refractivity contribution < 1.29 is 4.79 Å². The number of hydroxylamine groups is 2. The Morgan fingerprint density at radius 2 is 2.00 bits per heavy atom. The molecule has 1 aromatic rings. The molecule has 1 amide bonds. The van der Waals surface area contributed by atoms with E-state index < -0.39 is 11.4 Å². The van der Waals surface area contributed by atoms with E-state index in [4.69, 9.17) is 0 Å². The molecule has 2 rings (SSSR count). The molecule has 0 saturated heterocycles. The second kappa shape index (κ2) is 2.82. The molecule has 0 aromatic heterocycles. The van der Waals surface area contributed by atoms with E-state index in [1.165, 1.54) is 0 Å². The highest BCUT2D eigenvalue weighted by molar-refractivity contribution is 5.97. The molecule has 0 N–H and O–H groups in total. The lowest BCUT2D eigenvalue weighted by Gasteiger charge is -2.47. The maximum absolute atomic E-state index is 11.6. The molecule has 1 aromatic carbocycles. The number of nitrogens with zero attached hydrogens (tertiary/aromatic N) is 1. The minimum Gasteiger partial charge on any atom is -0.756 e. The third kappa shape index (κ3) is 1.21. The number of carbonyl (C=O) groups excluding carboxylic acids is 1. The van der Waals surface area contributed by atoms with Crippen LogP contribution in [0.1, 0.15) is 29.8 Å². The molecular formula is C11H12NO2-. The van der Waals surface area contributed by atoms with Crippen LogP contribution >= 0.6 is 0 Å². The summed E-state index contributed by atoms with van der Waals surface area (Å²) in [6.45, 7) is 3.57. The molecule has 3 heteroatoms. The van der Waals surface area contributed by atoms with Crippen LogP contribution < -0.4 is 0 Å². The van der Waals surface area contributed by atoms with Crippen LogP contribution in [0.3, 0.4) is 0 Å². The maximum atomic E-state index is 11.6. The molecule has 0 saturated carbocycles. The molecule has 0 unspecified atom stereocenters. The zero-order chi connectivity index (χ0) is 10.3. The normalized spacial score (nSPS) is 19.4. The van der Waals surface area contributed by atoms with Gasteiger partial charge < -0.3 is 10.3 Å². The second-order valence-electron chi connectivity index (χ2n) is 4.25. The summed E-state index contributed by atoms with van der Waals surface area (Å²) in [5.74, 6) is -0.420. The minimum atomic E-state index is -0.620. The summed E-state index contributed by atoms with van der Waals surface area (Å²) in [6.07, 6.45) is 0.623. The van der Waals surface area contributed by atoms with Gasteiger partial charge in [-0.2, -0.15) is 0 Å². The number of benzene rings is 1. The van der Waals surface area contributed by atoms with Crippen LogP contribution in [0.2, 0.25) is 0 Å². The summed E-state index contributed by atoms with van der Waals surface area (Å²) < 4.78 is 0. The number of fused-ring (bicyclic) bond motifs is 1. The third-order valence-corrected chi connectivity index (χ3v) is 2.61. The Kier molecular flexibility index (Phi) is 1.86. The Morgan fingerprint density at radius 1 is 1.36 bits per heavy atom. The highest BCUT2D eigenvalue weighted by Crippen LogP contribution is 2.29. The average Bonchev–Trinajstić information content (AvgIpc) is 2.14. The predicted octanol–water partition coefficient (Wildman–Crippen LogP) is 1.96. The van der Waals surface area contributed by atoms with E-state index in [1.54, 1.807) is 26.0 Å². The van der Waals surface area contributed by atoms with Crippen molar-refractivity contribution in [3.8, 4) is 0 Å². The number of carbonyl (C=O) groups is 1. The van der Waals surface area contributed by atoms with Gasteiger partial charge >= 0.3 is 0 Å². The summed E-state index contributed by atoms with van der Waals surface area (Å²) in [5.41, 5.74) is 0.891. The fourth-order valence-electron chi connectivity index (χ4n) is 1.81. The Hall–Kier alpha value is -1.35. The van der Waals surface area contributed by atoms with E-state index in [9.17, 15) is 10.0 Å². The number of amides is 1. The van der Waals surface area contributed by atoms with E-state index in [-0.39, 0.29) is 0 Å². The lowest BCUT2D eigenvalue weighted by atomic mass is 9.87. The van der Waals surface area contributed by atoms with Crippen molar-refractivity contribution >= 4 is 5.91 Å². The molecule has 0 fully saturated rings. The number of rotatable bonds is 0. The van der Waals surface area contributed by atoms with Gasteiger partial charge in [-0.25, -0.2) is 0 Å². The van der Waals surface area contributed by atoms with Gasteiger partial charge in [-0.3, -0.25) is 4.79 Å². The van der Waals surface area contributed by atoms with E-state index in [0.717, 1.165) is 5.56 Å². The van der Waals surface area contributed by atoms with Crippen molar-refractivity contribution in [2.45, 2.75) is 25.8 Å². The van der Waals surface area contributed by atoms with Gasteiger partial charge in [0.15, 0.2) is 0 Å². The van der Waals surface area contributed by atoms with Gasteiger partial charge in [-0.1, -0.05) is 18.2 Å². The fraction of sp³-hybridized carbons (Fsp3) is 0.364. The lowest BCUT2D eigenvalue weighted by molar-refractivity contribution is 0.0649. The molecule has 74 valence electrons. The highest BCUT2D eigenvalue weighted by atomic mass is 16.5. The number of hydrogen-bond acceptors (Lipinski definition) is 2. The Bertz CT molecular complexity index is 385. The van der Waals surface area contributed by atoms with E-state index in [0.29, 0.717) is 17.0 Å². The van der Waals surface area contributed by atoms with Gasteiger partial charge in [-0.15, -0.1) is 0 Å². The lowest BCUT2D eigenvalue weighted by Crippen LogP contribution is -2.49. The molecular weight excluding hydrogens is 178 g/mol. The van der Waals surface area contributed by atoms with Crippen LogP contribution in [0, 0.1) is 5.21 Å². The van der Waals surface area contributed by atoms with Crippen LogP contribution in [0.15, 0.2) is 24.3 Å². The van der Waals surface area contributed by atoms with Gasteiger partial charge in [0, 0.05) is 11.1 Å². The molecule has 14 heavy (non-hydrogen) atoms. The van der Waals surface area contributed by atoms with Crippen LogP contribution in [-0.4, -0.2) is 16.5 Å². The third-order valence-electron chi connectivity index (χ3n) is 2.61. The predicted molar refractivity (Wildman–Crippen MR) is 53.8 cm³/mol. The second-order valence-corrected chi connectivity index (χ2v) is 4.25. The van der Waals surface area contributed by atoms with Crippen molar-refractivity contribution in [3.63, 3.8) is 0 Å². The molecule has 1 aliphatic rings. The van der Waals surface area contributed by atoms with Crippen molar-refractivity contribution in [1.29, 1.82) is 0 Å². The zero-order valence-corrected chi connectivity index (χ0v) is 8.28. The first kappa shape index (κ1) is 9.21. The van der Waals surface area contributed by atoms with Crippen LogP contribution in [-0.2, 0) is 6.42 Å². The largest absolute Gasteiger partial charge is 0.756 e. The summed E-state index contributed by atoms with van der Waals surface area (Å²) in [4.78, 5) is 11.6. The first-order valence-corrected chi connectivity index (χ1v) is 4.62. The number of hydrogen-bond donors (Lipinski definition) is 0. The Balaban J connectivity index is 2.54. The molecule has 3 nitrogen and oxygen atoms in total. The highest BCUT2D eigenvalue weighted by Gasteiger charge is 2.31. The Labute approximate surface area is 82.9 Å². The monoisotopic (exact) mass is 190 g/mol. The van der Waals surface area contributed by atoms with Crippen LogP contribution in [0.5, 0.6) is 0 Å². The fourth-order valence-corrected chi connectivity index (χ4v) is 1.81. The topological polar surface area (TPSA) is 43.4 Å². The van der Waals surface area contributed by atoms with Crippen molar-refractivity contribution in [1.82, 2.24) is 5.06 Å². The average molecular weight is 190 g/mol. The van der Waals surface area contributed by atoms with Gasteiger partial charge in [0.1, 0.15) is 0 Å². The molecule has 0 aliphatic carbocycles. The molecule has 0 atom stereocenters. The summed E-state index contributed by atoms with van der Waals surface area (Å²) in [6, 6.07) is 7.28. The van der Waals surface area contributed by atoms with Crippen LogP contribution in [0.25, 0.3) is 0 Å². The molecule has 0 bridgehead atoms. The maximum Gasteiger partial charge on any atom is 0.243 e. The molecule has 0 spiro atoms. The summed E-state index contributed by atoms with van der Waals surface area (Å²) >= 11 is 0. The van der Waals surface area contributed by atoms with Gasteiger partial charge in [-0.05, 0) is 31.9 Å². The smallest absolute Gasteiger partial charge is 0.243 e. The van der Waals surface area contributed by atoms with Crippen molar-refractivity contribution in [3.05, 3.63) is 40.6 Å². The van der Waals surface area contributed by atoms with Gasteiger partial charge in [0.05, 0.1) is 0 Å². The summed E-state index contributed by atoms with van der Waals surface area (Å²) in [7, 11) is 0. The summed E-state index contributed by atoms with van der Waals surface area (Å²) in [5, 5.41) is 12.2. The van der Waals surface area contributed by atoms with Crippen molar-refractivity contribution in [2.24, 2.45) is 0 Å². The minimum absolute atomic E-state index is 0.420. The first-order valence-electron chi connectivity index (χ1n) is 4.62.